The molecule has 0 aliphatic heterocycles. The van der Waals surface area contributed by atoms with Crippen molar-refractivity contribution in [3.63, 3.8) is 0 Å². The molecule has 0 saturated heterocycles. The summed E-state index contributed by atoms with van der Waals surface area (Å²) < 4.78 is 5.16. The first-order valence-electron chi connectivity index (χ1n) is 7.72. The van der Waals surface area contributed by atoms with Gasteiger partial charge in [0.05, 0.1) is 6.54 Å². The minimum absolute atomic E-state index is 0. The van der Waals surface area contributed by atoms with Crippen molar-refractivity contribution in [2.45, 2.75) is 38.3 Å². The molecule has 2 atom stereocenters. The quantitative estimate of drug-likeness (QED) is 0.843. The first kappa shape index (κ1) is 18.7. The van der Waals surface area contributed by atoms with E-state index >= 15 is 0 Å². The number of benzene rings is 1. The second-order valence-electron chi connectivity index (χ2n) is 5.85. The average molecular weight is 371 g/mol. The molecule has 0 radical (unpaired) electrons. The van der Waals surface area contributed by atoms with Crippen LogP contribution in [-0.2, 0) is 11.3 Å². The Labute approximate surface area is 151 Å². The maximum atomic E-state index is 12.0. The summed E-state index contributed by atoms with van der Waals surface area (Å²) >= 11 is 5.85. The minimum Gasteiger partial charge on any atom is -0.347 e. The van der Waals surface area contributed by atoms with E-state index in [1.54, 1.807) is 12.1 Å². The number of hydrogen-bond donors (Lipinski definition) is 2. The summed E-state index contributed by atoms with van der Waals surface area (Å²) in [5, 5.41) is 7.37. The molecule has 24 heavy (non-hydrogen) atoms. The van der Waals surface area contributed by atoms with E-state index in [1.807, 2.05) is 12.1 Å². The Balaban J connectivity index is 0.00000208. The lowest BCUT2D eigenvalue weighted by Crippen LogP contribution is -2.31. The summed E-state index contributed by atoms with van der Waals surface area (Å²) in [6.45, 7) is 0.224. The summed E-state index contributed by atoms with van der Waals surface area (Å²) in [6, 6.07) is 7.30. The first-order valence-corrected chi connectivity index (χ1v) is 8.10. The maximum absolute atomic E-state index is 12.0. The third kappa shape index (κ3) is 4.69. The molecule has 130 valence electrons. The number of nitrogens with one attached hydrogen (secondary N) is 1. The van der Waals surface area contributed by atoms with E-state index in [4.69, 9.17) is 21.9 Å². The van der Waals surface area contributed by atoms with Crippen molar-refractivity contribution >= 4 is 29.9 Å². The van der Waals surface area contributed by atoms with Gasteiger partial charge in [-0.1, -0.05) is 23.2 Å². The first-order chi connectivity index (χ1) is 11.1. The molecule has 3 rings (SSSR count). The van der Waals surface area contributed by atoms with Crippen LogP contribution in [0.1, 0.15) is 31.6 Å². The number of hydrogen-bond acceptors (Lipinski definition) is 5. The Morgan fingerprint density at radius 1 is 1.33 bits per heavy atom. The second kappa shape index (κ2) is 8.46. The zero-order chi connectivity index (χ0) is 16.2. The third-order valence-corrected chi connectivity index (χ3v) is 4.42. The van der Waals surface area contributed by atoms with Gasteiger partial charge in [0.2, 0.25) is 17.6 Å². The van der Waals surface area contributed by atoms with Gasteiger partial charge in [-0.2, -0.15) is 4.98 Å². The molecule has 0 spiro atoms. The lowest BCUT2D eigenvalue weighted by Gasteiger charge is -2.14. The van der Waals surface area contributed by atoms with Crippen molar-refractivity contribution in [1.29, 1.82) is 0 Å². The third-order valence-electron chi connectivity index (χ3n) is 4.17. The normalized spacial score (nSPS) is 19.8. The number of nitrogens with two attached hydrogens (primary N) is 1. The fraction of sp³-hybridized carbons (Fsp3) is 0.438. The van der Waals surface area contributed by atoms with E-state index in [1.165, 1.54) is 0 Å². The van der Waals surface area contributed by atoms with E-state index in [9.17, 15) is 4.79 Å². The molecule has 1 aromatic heterocycles. The van der Waals surface area contributed by atoms with E-state index in [0.29, 0.717) is 23.2 Å². The zero-order valence-electron chi connectivity index (χ0n) is 13.1. The molecular formula is C16H20Cl2N4O2. The number of carbonyl (C=O) groups excluding carboxylic acids is 1. The van der Waals surface area contributed by atoms with Gasteiger partial charge in [0.25, 0.3) is 0 Å². The standard InChI is InChI=1S/C16H19ClN4O2.ClH/c17-12-6-4-10(5-7-12)16-20-15(23-21-16)9-19-14(22)8-11-2-1-3-13(11)18;/h4-7,11,13H,1-3,8-9,18H2,(H,19,22);1H/t11-,13+;/m0./s1. The maximum Gasteiger partial charge on any atom is 0.246 e. The molecule has 1 fully saturated rings. The van der Waals surface area contributed by atoms with Crippen LogP contribution in [-0.4, -0.2) is 22.1 Å². The molecule has 2 aromatic rings. The van der Waals surface area contributed by atoms with Crippen LogP contribution in [0.4, 0.5) is 0 Å². The smallest absolute Gasteiger partial charge is 0.246 e. The summed E-state index contributed by atoms with van der Waals surface area (Å²) in [5.41, 5.74) is 6.80. The van der Waals surface area contributed by atoms with E-state index in [-0.39, 0.29) is 36.8 Å². The van der Waals surface area contributed by atoms with E-state index in [0.717, 1.165) is 24.8 Å². The fourth-order valence-corrected chi connectivity index (χ4v) is 2.97. The Kier molecular flexibility index (Phi) is 6.60. The summed E-state index contributed by atoms with van der Waals surface area (Å²) in [7, 11) is 0. The molecule has 8 heteroatoms. The van der Waals surface area contributed by atoms with Gasteiger partial charge in [-0.3, -0.25) is 4.79 Å². The number of aromatic nitrogens is 2. The van der Waals surface area contributed by atoms with Crippen molar-refractivity contribution in [3.05, 3.63) is 35.2 Å². The largest absolute Gasteiger partial charge is 0.347 e. The second-order valence-corrected chi connectivity index (χ2v) is 6.29. The number of rotatable bonds is 5. The SMILES string of the molecule is Cl.N[C@@H]1CCC[C@H]1CC(=O)NCc1nc(-c2ccc(Cl)cc2)no1. The van der Waals surface area contributed by atoms with Gasteiger partial charge in [0.1, 0.15) is 0 Å². The zero-order valence-corrected chi connectivity index (χ0v) is 14.6. The van der Waals surface area contributed by atoms with Gasteiger partial charge >= 0.3 is 0 Å². The van der Waals surface area contributed by atoms with E-state index in [2.05, 4.69) is 15.5 Å². The van der Waals surface area contributed by atoms with E-state index < -0.39 is 0 Å². The number of amides is 1. The monoisotopic (exact) mass is 370 g/mol. The van der Waals surface area contributed by atoms with Gasteiger partial charge in [-0.25, -0.2) is 0 Å². The minimum atomic E-state index is -0.0291. The van der Waals surface area contributed by atoms with Crippen LogP contribution in [0.3, 0.4) is 0 Å². The van der Waals surface area contributed by atoms with Crippen LogP contribution < -0.4 is 11.1 Å². The van der Waals surface area contributed by atoms with Crippen molar-refractivity contribution in [1.82, 2.24) is 15.5 Å². The van der Waals surface area contributed by atoms with Crippen LogP contribution in [0.5, 0.6) is 0 Å². The highest BCUT2D eigenvalue weighted by atomic mass is 35.5. The van der Waals surface area contributed by atoms with Crippen molar-refractivity contribution in [2.24, 2.45) is 11.7 Å². The van der Waals surface area contributed by atoms with Crippen molar-refractivity contribution in [2.75, 3.05) is 0 Å². The molecule has 1 aliphatic carbocycles. The molecule has 1 amide bonds. The van der Waals surface area contributed by atoms with Gasteiger partial charge in [-0.15, -0.1) is 12.4 Å². The Morgan fingerprint density at radius 2 is 2.08 bits per heavy atom. The highest BCUT2D eigenvalue weighted by molar-refractivity contribution is 6.30. The predicted octanol–water partition coefficient (Wildman–Crippen LogP) is 2.95. The molecule has 6 nitrogen and oxygen atoms in total. The Hall–Kier alpha value is -1.63. The molecule has 0 bridgehead atoms. The average Bonchev–Trinajstić information content (AvgIpc) is 3.16. The molecule has 1 aromatic carbocycles. The number of carbonyl (C=O) groups is 1. The van der Waals surface area contributed by atoms with Crippen LogP contribution in [0.25, 0.3) is 11.4 Å². The lowest BCUT2D eigenvalue weighted by molar-refractivity contribution is -0.122. The summed E-state index contributed by atoms with van der Waals surface area (Å²) in [4.78, 5) is 16.2. The molecular weight excluding hydrogens is 351 g/mol. The lowest BCUT2D eigenvalue weighted by atomic mass is 10.00. The fourth-order valence-electron chi connectivity index (χ4n) is 2.85. The Morgan fingerprint density at radius 3 is 2.75 bits per heavy atom. The summed E-state index contributed by atoms with van der Waals surface area (Å²) in [5.74, 6) is 1.10. The predicted molar refractivity (Wildman–Crippen MR) is 93.8 cm³/mol. The number of nitrogens with zero attached hydrogens (tertiary/aromatic N) is 2. The van der Waals surface area contributed by atoms with Crippen molar-refractivity contribution < 1.29 is 9.32 Å². The van der Waals surface area contributed by atoms with Gasteiger partial charge in [0.15, 0.2) is 0 Å². The van der Waals surface area contributed by atoms with Gasteiger partial charge < -0.3 is 15.6 Å². The molecule has 3 N–H and O–H groups in total. The number of halogens is 2. The highest BCUT2D eigenvalue weighted by Crippen LogP contribution is 2.26. The summed E-state index contributed by atoms with van der Waals surface area (Å²) in [6.07, 6.45) is 3.59. The van der Waals surface area contributed by atoms with Crippen LogP contribution in [0, 0.1) is 5.92 Å². The van der Waals surface area contributed by atoms with Gasteiger partial charge in [0, 0.05) is 23.0 Å². The van der Waals surface area contributed by atoms with Crippen LogP contribution in [0.2, 0.25) is 5.02 Å². The van der Waals surface area contributed by atoms with Crippen molar-refractivity contribution in [3.8, 4) is 11.4 Å². The van der Waals surface area contributed by atoms with Crippen LogP contribution >= 0.6 is 24.0 Å². The molecule has 0 unspecified atom stereocenters. The topological polar surface area (TPSA) is 94.0 Å². The Bertz CT molecular complexity index is 675. The molecule has 1 saturated carbocycles. The highest BCUT2D eigenvalue weighted by Gasteiger charge is 2.26. The molecule has 1 heterocycles. The van der Waals surface area contributed by atoms with Gasteiger partial charge in [-0.05, 0) is 43.0 Å². The molecule has 1 aliphatic rings. The van der Waals surface area contributed by atoms with Crippen LogP contribution in [0.15, 0.2) is 28.8 Å².